The van der Waals surface area contributed by atoms with Crippen molar-refractivity contribution in [1.82, 2.24) is 19.9 Å². The van der Waals surface area contributed by atoms with Crippen molar-refractivity contribution < 1.29 is 6.22 Å². The molecule has 0 aliphatic rings. The number of anilines is 1. The molecule has 0 aliphatic carbocycles. The molecule has 6 heteroatoms. The summed E-state index contributed by atoms with van der Waals surface area (Å²) in [5.74, 6) is 0.205. The summed E-state index contributed by atoms with van der Waals surface area (Å²) in [5, 5.41) is 2.73. The highest BCUT2D eigenvalue weighted by Gasteiger charge is 2.10. The topological polar surface area (TPSA) is 83.6 Å². The summed E-state index contributed by atoms with van der Waals surface area (Å²) < 4.78 is 0. The normalized spacial score (nSPS) is 9.70. The largest absolute Gasteiger partial charge is 0.340 e. The Labute approximate surface area is 117 Å². The third kappa shape index (κ3) is 2.80. The van der Waals surface area contributed by atoms with Crippen LogP contribution in [0.5, 0.6) is 0 Å². The lowest BCUT2D eigenvalue weighted by atomic mass is 10.2. The van der Waals surface area contributed by atoms with Crippen LogP contribution in [0, 0.1) is 0 Å². The molecular formula is C14H17N5O. The van der Waals surface area contributed by atoms with Crippen molar-refractivity contribution in [3.05, 3.63) is 48.5 Å². The number of carbonyl (C=O) groups excluding carboxylic acids is 1. The predicted octanol–water partition coefficient (Wildman–Crippen LogP) is 2.88. The van der Waals surface area contributed by atoms with Crippen LogP contribution in [0.25, 0.3) is 11.2 Å². The van der Waals surface area contributed by atoms with Crippen LogP contribution in [-0.4, -0.2) is 25.8 Å². The van der Waals surface area contributed by atoms with Crippen molar-refractivity contribution in [2.24, 2.45) is 0 Å². The molecule has 0 radical (unpaired) electrons. The number of rotatable bonds is 2. The Hall–Kier alpha value is -2.76. The van der Waals surface area contributed by atoms with Gasteiger partial charge in [0.25, 0.3) is 5.91 Å². The molecule has 1 amide bonds. The summed E-state index contributed by atoms with van der Waals surface area (Å²) in [6.07, 6.45) is 2.88. The van der Waals surface area contributed by atoms with Crippen LogP contribution in [0.1, 0.15) is 25.6 Å². The van der Waals surface area contributed by atoms with Crippen LogP contribution in [0.15, 0.2) is 43.0 Å². The van der Waals surface area contributed by atoms with Gasteiger partial charge in [0.2, 0.25) is 0 Å². The van der Waals surface area contributed by atoms with Gasteiger partial charge in [-0.2, -0.15) is 0 Å². The fourth-order valence-electron chi connectivity index (χ4n) is 1.63. The van der Waals surface area contributed by atoms with Gasteiger partial charge in [-0.25, -0.2) is 15.0 Å². The maximum Gasteiger partial charge on any atom is 0.256 e. The number of H-pyrrole nitrogens is 1. The van der Waals surface area contributed by atoms with Crippen LogP contribution in [0.4, 0.5) is 5.82 Å². The maximum atomic E-state index is 12.0. The predicted molar refractivity (Wildman–Crippen MR) is 79.5 cm³/mol. The first-order valence-electron chi connectivity index (χ1n) is 6.35. The molecule has 0 unspecified atom stereocenters. The van der Waals surface area contributed by atoms with Crippen LogP contribution in [0.3, 0.4) is 0 Å². The summed E-state index contributed by atoms with van der Waals surface area (Å²) in [5.41, 5.74) is 1.71. The maximum absolute atomic E-state index is 12.0. The zero-order chi connectivity index (χ0) is 14.4. The number of fused-ring (bicyclic) bond motifs is 1. The number of nitrogens with one attached hydrogen (secondary N) is 2. The van der Waals surface area contributed by atoms with Gasteiger partial charge in [-0.05, 0) is 12.1 Å². The molecule has 0 saturated carbocycles. The van der Waals surface area contributed by atoms with Crippen molar-refractivity contribution in [1.29, 1.82) is 0 Å². The van der Waals surface area contributed by atoms with Crippen molar-refractivity contribution >= 4 is 22.9 Å². The minimum atomic E-state index is -0.217. The Morgan fingerprint density at radius 2 is 1.90 bits per heavy atom. The van der Waals surface area contributed by atoms with Crippen molar-refractivity contribution in [3.8, 4) is 0 Å². The minimum Gasteiger partial charge on any atom is -0.340 e. The van der Waals surface area contributed by atoms with Gasteiger partial charge >= 0.3 is 0 Å². The third-order valence-corrected chi connectivity index (χ3v) is 2.49. The molecule has 0 atom stereocenters. The van der Waals surface area contributed by atoms with E-state index in [1.807, 2.05) is 19.9 Å². The molecule has 20 heavy (non-hydrogen) atoms. The van der Waals surface area contributed by atoms with Gasteiger partial charge in [0.1, 0.15) is 11.8 Å². The number of hydrogen-bond acceptors (Lipinski definition) is 4. The van der Waals surface area contributed by atoms with E-state index in [2.05, 4.69) is 25.3 Å². The molecule has 2 heterocycles. The Morgan fingerprint density at radius 1 is 1.15 bits per heavy atom. The fraction of sp³-hybridized carbons (Fsp3) is 0.143. The molecule has 6 nitrogen and oxygen atoms in total. The van der Waals surface area contributed by atoms with Crippen LogP contribution in [0.2, 0.25) is 0 Å². The van der Waals surface area contributed by atoms with Crippen LogP contribution >= 0.6 is 0 Å². The summed E-state index contributed by atoms with van der Waals surface area (Å²) in [6, 6.07) is 8.94. The quantitative estimate of drug-likeness (QED) is 0.750. The minimum absolute atomic E-state index is 0. The number of aromatic amines is 1. The lowest BCUT2D eigenvalue weighted by Gasteiger charge is -2.04. The molecule has 0 fully saturated rings. The highest BCUT2D eigenvalue weighted by atomic mass is 16.1. The molecule has 2 N–H and O–H groups in total. The number of carbonyl (C=O) groups is 1. The molecule has 104 valence electrons. The molecule has 2 aromatic heterocycles. The molecule has 0 spiro atoms. The van der Waals surface area contributed by atoms with E-state index in [0.29, 0.717) is 22.5 Å². The Balaban J connectivity index is 0.000000706. The third-order valence-electron chi connectivity index (χ3n) is 2.49. The van der Waals surface area contributed by atoms with E-state index in [1.54, 1.807) is 24.3 Å². The number of nitrogens with zero attached hydrogens (tertiary/aromatic N) is 3. The Kier molecular flexibility index (Phi) is 4.39. The van der Waals surface area contributed by atoms with E-state index in [1.165, 1.54) is 12.7 Å². The van der Waals surface area contributed by atoms with E-state index in [-0.39, 0.29) is 7.33 Å². The monoisotopic (exact) mass is 271 g/mol. The molecular weight excluding hydrogens is 254 g/mol. The zero-order valence-corrected chi connectivity index (χ0v) is 11.3. The molecule has 0 saturated heterocycles. The van der Waals surface area contributed by atoms with E-state index < -0.39 is 0 Å². The van der Waals surface area contributed by atoms with Crippen molar-refractivity contribution in [3.63, 3.8) is 0 Å². The van der Waals surface area contributed by atoms with E-state index in [9.17, 15) is 4.79 Å². The lowest BCUT2D eigenvalue weighted by molar-refractivity contribution is 0.102. The highest BCUT2D eigenvalue weighted by molar-refractivity contribution is 6.06. The summed E-state index contributed by atoms with van der Waals surface area (Å²) in [6.45, 7) is 4.00. The van der Waals surface area contributed by atoms with Gasteiger partial charge in [0.15, 0.2) is 11.5 Å². The molecule has 3 rings (SSSR count). The summed E-state index contributed by atoms with van der Waals surface area (Å²) in [4.78, 5) is 26.9. The van der Waals surface area contributed by atoms with Crippen LogP contribution in [-0.2, 0) is 0 Å². The van der Waals surface area contributed by atoms with Crippen molar-refractivity contribution in [2.45, 2.75) is 13.8 Å². The highest BCUT2D eigenvalue weighted by Crippen LogP contribution is 2.15. The average molecular weight is 271 g/mol. The first-order valence-corrected chi connectivity index (χ1v) is 6.35. The SMILES string of the molecule is CC.O=C(Nc1ncnc2nc[nH]c12)c1ccccc1.[HH]. The van der Waals surface area contributed by atoms with Gasteiger partial charge in [-0.3, -0.25) is 4.79 Å². The summed E-state index contributed by atoms with van der Waals surface area (Å²) in [7, 11) is 0. The first-order chi connectivity index (χ1) is 9.84. The first kappa shape index (κ1) is 13.7. The van der Waals surface area contributed by atoms with Gasteiger partial charge < -0.3 is 10.3 Å². The molecule has 3 aromatic rings. The number of hydrogen-bond donors (Lipinski definition) is 2. The van der Waals surface area contributed by atoms with Crippen LogP contribution < -0.4 is 5.32 Å². The van der Waals surface area contributed by atoms with E-state index >= 15 is 0 Å². The van der Waals surface area contributed by atoms with E-state index in [0.717, 1.165) is 0 Å². The van der Waals surface area contributed by atoms with Gasteiger partial charge in [0.05, 0.1) is 6.33 Å². The number of benzene rings is 1. The number of aromatic nitrogens is 4. The van der Waals surface area contributed by atoms with Gasteiger partial charge in [-0.1, -0.05) is 32.0 Å². The van der Waals surface area contributed by atoms with E-state index in [4.69, 9.17) is 0 Å². The smallest absolute Gasteiger partial charge is 0.256 e. The lowest BCUT2D eigenvalue weighted by Crippen LogP contribution is -2.13. The molecule has 0 aliphatic heterocycles. The number of amides is 1. The number of imidazole rings is 1. The van der Waals surface area contributed by atoms with Gasteiger partial charge in [0, 0.05) is 6.99 Å². The zero-order valence-electron chi connectivity index (χ0n) is 11.3. The van der Waals surface area contributed by atoms with Crippen molar-refractivity contribution in [2.75, 3.05) is 5.32 Å². The summed E-state index contributed by atoms with van der Waals surface area (Å²) >= 11 is 0. The molecule has 0 bridgehead atoms. The second-order valence-corrected chi connectivity index (χ2v) is 3.64. The molecule has 1 aromatic carbocycles. The average Bonchev–Trinajstić information content (AvgIpc) is 3.00. The fourth-order valence-corrected chi connectivity index (χ4v) is 1.63. The standard InChI is InChI=1S/C12H9N5O.C2H6.H2/c18-12(8-4-2-1-3-5-8)17-11-9-10(14-6-13-9)15-7-16-11;1-2;/h1-7H,(H2,13,14,15,16,17,18);1-2H3;1H. The Morgan fingerprint density at radius 3 is 2.65 bits per heavy atom. The Bertz CT molecular complexity index is 699. The second-order valence-electron chi connectivity index (χ2n) is 3.64. The second kappa shape index (κ2) is 6.42. The van der Waals surface area contributed by atoms with Gasteiger partial charge in [-0.15, -0.1) is 0 Å².